The summed E-state index contributed by atoms with van der Waals surface area (Å²) in [6.45, 7) is 37.1. The molecule has 3 saturated heterocycles. The summed E-state index contributed by atoms with van der Waals surface area (Å²) in [5.41, 5.74) is 6.83. The van der Waals surface area contributed by atoms with E-state index in [1.165, 1.54) is 10.8 Å². The van der Waals surface area contributed by atoms with Crippen LogP contribution in [-0.2, 0) is 51.0 Å². The second-order valence-corrected chi connectivity index (χ2v) is 30.2. The maximum absolute atomic E-state index is 13.9. The molecule has 3 unspecified atom stereocenters. The fraction of sp³-hybridized carbons (Fsp3) is 0.765. The molecule has 4 heterocycles. The number of aryl methyl sites for hydroxylation is 1. The van der Waals surface area contributed by atoms with Gasteiger partial charge in [0, 0.05) is 134 Å². The Labute approximate surface area is 568 Å². The number of carbonyl (C=O) groups is 6. The van der Waals surface area contributed by atoms with Crippen LogP contribution < -0.4 is 11.2 Å². The molecule has 0 aliphatic carbocycles. The van der Waals surface area contributed by atoms with E-state index in [2.05, 4.69) is 54.0 Å². The van der Waals surface area contributed by atoms with Gasteiger partial charge in [0.1, 0.15) is 46.9 Å². The summed E-state index contributed by atoms with van der Waals surface area (Å²) in [6.07, 6.45) is 1.05. The molecule has 3 fully saturated rings. The predicted octanol–water partition coefficient (Wildman–Crippen LogP) is 9.90. The van der Waals surface area contributed by atoms with Gasteiger partial charge in [-0.05, 0) is 186 Å². The Balaban J connectivity index is 1.32. The smallest absolute Gasteiger partial charge is 0.410 e. The SMILES string of the molecule is Cc1cn(C2CC(N=[N+]=[N-])C(COC(=O)CCCCN3CCCN(Cc4ccc(CN5CCCN(C(=O)OC(C)(C)C)CCN(C(=O)OC(C)(C)C)CCCN(C(=O)OC(C)(C)C)CC5)cc4)CCN(C(=O)OC(C)(C)C)CCCN(C(=O)OC(C)(C)C)CC3)O2)c(=O)[nH]c1=O. The van der Waals surface area contributed by atoms with E-state index >= 15 is 0 Å². The average molecular weight is 1350 g/mol. The number of carbonyl (C=O) groups excluding carboxylic acids is 6. The van der Waals surface area contributed by atoms with Crippen LogP contribution in [0.2, 0.25) is 0 Å². The number of nitrogens with one attached hydrogen (secondary N) is 1. The molecule has 0 radical (unpaired) electrons. The van der Waals surface area contributed by atoms with E-state index in [0.717, 1.165) is 17.5 Å². The van der Waals surface area contributed by atoms with E-state index in [1.807, 2.05) is 104 Å². The van der Waals surface area contributed by atoms with Crippen LogP contribution in [-0.4, -0.2) is 243 Å². The normalized spacial score (nSPS) is 19.9. The number of amides is 5. The van der Waals surface area contributed by atoms with Crippen LogP contribution in [0.1, 0.15) is 178 Å². The Morgan fingerprint density at radius 2 is 0.875 bits per heavy atom. The van der Waals surface area contributed by atoms with Gasteiger partial charge in [-0.3, -0.25) is 28.9 Å². The first-order valence-corrected chi connectivity index (χ1v) is 34.1. The number of rotatable bonds is 13. The second-order valence-electron chi connectivity index (χ2n) is 30.2. The molecule has 96 heavy (non-hydrogen) atoms. The molecule has 3 aliphatic heterocycles. The minimum atomic E-state index is -0.844. The number of benzene rings is 1. The van der Waals surface area contributed by atoms with E-state index in [9.17, 15) is 43.9 Å². The van der Waals surface area contributed by atoms with E-state index in [1.54, 1.807) is 31.4 Å². The number of H-pyrrole nitrogens is 1. The van der Waals surface area contributed by atoms with Crippen molar-refractivity contribution >= 4 is 36.4 Å². The fourth-order valence-electron chi connectivity index (χ4n) is 11.1. The number of aromatic nitrogens is 2. The lowest BCUT2D eigenvalue weighted by Gasteiger charge is -2.34. The molecule has 2 aromatic rings. The molecule has 3 aliphatic rings. The molecule has 0 spiro atoms. The molecular weight excluding hydrogens is 1240 g/mol. The van der Waals surface area contributed by atoms with Gasteiger partial charge in [-0.2, -0.15) is 0 Å². The number of esters is 1. The van der Waals surface area contributed by atoms with Gasteiger partial charge in [-0.15, -0.1) is 0 Å². The summed E-state index contributed by atoms with van der Waals surface area (Å²) in [5.74, 6) is -0.462. The third-order valence-corrected chi connectivity index (χ3v) is 15.7. The first-order chi connectivity index (χ1) is 44.8. The molecule has 1 aromatic heterocycles. The van der Waals surface area contributed by atoms with Crippen LogP contribution in [0.3, 0.4) is 0 Å². The van der Waals surface area contributed by atoms with Crippen molar-refractivity contribution in [3.63, 3.8) is 0 Å². The van der Waals surface area contributed by atoms with Gasteiger partial charge in [0.2, 0.25) is 0 Å². The number of hydrogen-bond donors (Lipinski definition) is 1. The number of ether oxygens (including phenoxy) is 7. The maximum atomic E-state index is 13.9. The molecule has 5 rings (SSSR count). The van der Waals surface area contributed by atoms with Gasteiger partial charge >= 0.3 is 42.1 Å². The molecule has 0 bridgehead atoms. The van der Waals surface area contributed by atoms with Crippen LogP contribution in [0.15, 0.2) is 45.2 Å². The lowest BCUT2D eigenvalue weighted by atomic mass is 10.1. The van der Waals surface area contributed by atoms with E-state index < -0.39 is 94.1 Å². The minimum Gasteiger partial charge on any atom is -0.463 e. The van der Waals surface area contributed by atoms with Gasteiger partial charge in [0.05, 0.1) is 6.04 Å². The van der Waals surface area contributed by atoms with E-state index in [0.29, 0.717) is 142 Å². The Hall–Kier alpha value is -7.13. The van der Waals surface area contributed by atoms with Crippen molar-refractivity contribution in [1.29, 1.82) is 0 Å². The molecule has 540 valence electrons. The largest absolute Gasteiger partial charge is 0.463 e. The van der Waals surface area contributed by atoms with Crippen molar-refractivity contribution in [2.24, 2.45) is 5.11 Å². The maximum Gasteiger partial charge on any atom is 0.410 e. The standard InChI is InChI=1S/C68H113N13O15/c1-50-46-81(58(84)70-57(50)83)55-45-53(71-72-69)54(91-55)49-90-56(82)23-17-18-28-73-29-19-30-74(38-41-77(60(86)93-65(5,6)7)34-21-33-76(40-37-73)59(85)92-64(2,3)4)47-51-24-26-52(27-25-51)48-75-31-20-32-79(62(88)95-67(11,12)13)43-44-80(63(89)96-68(14,15)16)36-22-35-78(42-39-75)61(87)94-66(8,9)10/h24-27,46,53-55H,17-23,28-45,47-49H2,1-16H3,(H,70,83,84). The average Bonchev–Trinajstić information content (AvgIpc) is 1.60. The number of hydrogen-bond acceptors (Lipinski definition) is 19. The highest BCUT2D eigenvalue weighted by molar-refractivity contribution is 5.71. The first-order valence-electron chi connectivity index (χ1n) is 34.1. The second kappa shape index (κ2) is 36.5. The first kappa shape index (κ1) is 79.6. The molecule has 0 saturated carbocycles. The molecule has 3 atom stereocenters. The monoisotopic (exact) mass is 1350 g/mol. The Morgan fingerprint density at radius 3 is 1.26 bits per heavy atom. The van der Waals surface area contributed by atoms with Gasteiger partial charge in [0.25, 0.3) is 5.56 Å². The number of unbranched alkanes of at least 4 members (excludes halogenated alkanes) is 1. The molecule has 28 heteroatoms. The van der Waals surface area contributed by atoms with Crippen LogP contribution >= 0.6 is 0 Å². The highest BCUT2D eigenvalue weighted by Gasteiger charge is 2.38. The van der Waals surface area contributed by atoms with Gasteiger partial charge in [0.15, 0.2) is 0 Å². The molecule has 5 amide bonds. The summed E-state index contributed by atoms with van der Waals surface area (Å²) in [4.78, 5) is 127. The van der Waals surface area contributed by atoms with Crippen molar-refractivity contribution in [2.45, 2.75) is 222 Å². The molecule has 28 nitrogen and oxygen atoms in total. The Bertz CT molecular complexity index is 3010. The predicted molar refractivity (Wildman–Crippen MR) is 363 cm³/mol. The number of aromatic amines is 1. The van der Waals surface area contributed by atoms with Crippen LogP contribution in [0, 0.1) is 6.92 Å². The topological polar surface area (TPSA) is 297 Å². The van der Waals surface area contributed by atoms with Gasteiger partial charge < -0.3 is 62.6 Å². The Kier molecular flexibility index (Phi) is 30.2. The summed E-state index contributed by atoms with van der Waals surface area (Å²) in [5, 5.41) is 3.84. The Morgan fingerprint density at radius 1 is 0.521 bits per heavy atom. The lowest BCUT2D eigenvalue weighted by molar-refractivity contribution is -0.148. The highest BCUT2D eigenvalue weighted by Crippen LogP contribution is 2.31. The zero-order chi connectivity index (χ0) is 71.2. The van der Waals surface area contributed by atoms with Crippen molar-refractivity contribution in [3.8, 4) is 0 Å². The quantitative estimate of drug-likeness (QED) is 0.0487. The summed E-state index contributed by atoms with van der Waals surface area (Å²) in [6, 6.07) is 7.77. The van der Waals surface area contributed by atoms with E-state index in [-0.39, 0.29) is 39.1 Å². The van der Waals surface area contributed by atoms with Crippen molar-refractivity contribution in [2.75, 3.05) is 118 Å². The third kappa shape index (κ3) is 29.7. The minimum absolute atomic E-state index is 0.109. The van der Waals surface area contributed by atoms with Gasteiger partial charge in [-0.1, -0.05) is 29.4 Å². The molecular formula is C68H113N13O15. The lowest BCUT2D eigenvalue weighted by Crippen LogP contribution is -2.47. The fourth-order valence-corrected chi connectivity index (χ4v) is 11.1. The van der Waals surface area contributed by atoms with Crippen LogP contribution in [0.4, 0.5) is 24.0 Å². The number of azide groups is 1. The van der Waals surface area contributed by atoms with Crippen LogP contribution in [0.25, 0.3) is 10.4 Å². The van der Waals surface area contributed by atoms with Gasteiger partial charge in [-0.25, -0.2) is 28.8 Å². The number of nitrogens with zero attached hydrogens (tertiary/aromatic N) is 12. The summed E-state index contributed by atoms with van der Waals surface area (Å²) >= 11 is 0. The zero-order valence-electron chi connectivity index (χ0n) is 60.4. The van der Waals surface area contributed by atoms with E-state index in [4.69, 9.17) is 33.2 Å². The van der Waals surface area contributed by atoms with Crippen LogP contribution in [0.5, 0.6) is 0 Å². The third-order valence-electron chi connectivity index (χ3n) is 15.7. The molecule has 1 aromatic carbocycles. The zero-order valence-corrected chi connectivity index (χ0v) is 60.4. The molecule has 1 N–H and O–H groups in total. The summed E-state index contributed by atoms with van der Waals surface area (Å²) in [7, 11) is 0. The van der Waals surface area contributed by atoms with Crippen molar-refractivity contribution in [3.05, 3.63) is 78.4 Å². The van der Waals surface area contributed by atoms with Crippen molar-refractivity contribution in [1.82, 2.24) is 48.8 Å². The summed E-state index contributed by atoms with van der Waals surface area (Å²) < 4.78 is 42.3. The highest BCUT2D eigenvalue weighted by atomic mass is 16.6. The van der Waals surface area contributed by atoms with Crippen molar-refractivity contribution < 1.29 is 61.9 Å².